The van der Waals surface area contributed by atoms with Crippen molar-refractivity contribution in [3.8, 4) is 5.75 Å². The number of fused-ring (bicyclic) bond motifs is 1. The summed E-state index contributed by atoms with van der Waals surface area (Å²) in [7, 11) is 2.05. The highest BCUT2D eigenvalue weighted by Crippen LogP contribution is 2.30. The second-order valence-corrected chi connectivity index (χ2v) is 6.47. The number of hydrogen-bond donors (Lipinski definition) is 0. The van der Waals surface area contributed by atoms with Crippen LogP contribution in [0.3, 0.4) is 0 Å². The van der Waals surface area contributed by atoms with E-state index in [2.05, 4.69) is 34.3 Å². The highest BCUT2D eigenvalue weighted by atomic mass is 16.5. The third kappa shape index (κ3) is 2.63. The summed E-state index contributed by atoms with van der Waals surface area (Å²) in [5, 5.41) is 4.30. The number of hydrogen-bond acceptors (Lipinski definition) is 3. The Bertz CT molecular complexity index is 656. The van der Waals surface area contributed by atoms with E-state index in [0.717, 1.165) is 25.3 Å². The first-order chi connectivity index (χ1) is 10.8. The second-order valence-electron chi connectivity index (χ2n) is 6.47. The van der Waals surface area contributed by atoms with Crippen LogP contribution in [-0.4, -0.2) is 34.4 Å². The molecule has 0 aliphatic carbocycles. The lowest BCUT2D eigenvalue weighted by atomic mass is 9.93. The summed E-state index contributed by atoms with van der Waals surface area (Å²) in [5.41, 5.74) is 4.18. The van der Waals surface area contributed by atoms with E-state index in [4.69, 9.17) is 4.74 Å². The molecule has 0 atom stereocenters. The lowest BCUT2D eigenvalue weighted by Crippen LogP contribution is -2.33. The fraction of sp³-hybridized carbons (Fsp3) is 0.500. The number of piperidine rings is 1. The summed E-state index contributed by atoms with van der Waals surface area (Å²) in [6.07, 6.45) is 5.43. The van der Waals surface area contributed by atoms with E-state index < -0.39 is 0 Å². The van der Waals surface area contributed by atoms with Crippen molar-refractivity contribution in [2.45, 2.75) is 31.7 Å². The zero-order chi connectivity index (χ0) is 14.9. The number of aromatic nitrogens is 2. The minimum Gasteiger partial charge on any atom is -0.493 e. The first-order valence-corrected chi connectivity index (χ1v) is 8.24. The Morgan fingerprint density at radius 1 is 1.23 bits per heavy atom. The molecular formula is C18H23N3O. The standard InChI is InChI=1S/C18H23N3O/c1-20-17(4-8-19-20)15-5-9-21(10-6-15)13-14-2-3-18-16(12-14)7-11-22-18/h2-4,8,12,15H,5-7,9-11,13H2,1H3. The molecular weight excluding hydrogens is 274 g/mol. The van der Waals surface area contributed by atoms with Gasteiger partial charge in [-0.05, 0) is 49.2 Å². The monoisotopic (exact) mass is 297 g/mol. The number of rotatable bonds is 3. The van der Waals surface area contributed by atoms with Gasteiger partial charge in [-0.3, -0.25) is 9.58 Å². The zero-order valence-corrected chi connectivity index (χ0v) is 13.2. The van der Waals surface area contributed by atoms with Gasteiger partial charge < -0.3 is 4.74 Å². The predicted octanol–water partition coefficient (Wildman–Crippen LogP) is 2.73. The smallest absolute Gasteiger partial charge is 0.122 e. The summed E-state index contributed by atoms with van der Waals surface area (Å²) in [6.45, 7) is 4.24. The van der Waals surface area contributed by atoms with Crippen molar-refractivity contribution >= 4 is 0 Å². The normalized spacial score (nSPS) is 19.1. The number of likely N-dealkylation sites (tertiary alicyclic amines) is 1. The van der Waals surface area contributed by atoms with Crippen LogP contribution >= 0.6 is 0 Å². The molecule has 0 bridgehead atoms. The van der Waals surface area contributed by atoms with Gasteiger partial charge in [0.25, 0.3) is 0 Å². The maximum absolute atomic E-state index is 5.59. The number of ether oxygens (including phenoxy) is 1. The van der Waals surface area contributed by atoms with Gasteiger partial charge >= 0.3 is 0 Å². The highest BCUT2D eigenvalue weighted by Gasteiger charge is 2.23. The van der Waals surface area contributed by atoms with Crippen molar-refractivity contribution in [2.24, 2.45) is 7.05 Å². The molecule has 3 heterocycles. The maximum Gasteiger partial charge on any atom is 0.122 e. The highest BCUT2D eigenvalue weighted by molar-refractivity contribution is 5.39. The Balaban J connectivity index is 1.37. The van der Waals surface area contributed by atoms with E-state index in [1.807, 2.05) is 17.9 Å². The van der Waals surface area contributed by atoms with Crippen molar-refractivity contribution in [1.82, 2.24) is 14.7 Å². The molecule has 4 nitrogen and oxygen atoms in total. The molecule has 2 aliphatic heterocycles. The first-order valence-electron chi connectivity index (χ1n) is 8.24. The fourth-order valence-electron chi connectivity index (χ4n) is 3.77. The van der Waals surface area contributed by atoms with E-state index >= 15 is 0 Å². The third-order valence-electron chi connectivity index (χ3n) is 5.02. The summed E-state index contributed by atoms with van der Waals surface area (Å²) < 4.78 is 7.62. The van der Waals surface area contributed by atoms with Gasteiger partial charge in [-0.1, -0.05) is 12.1 Å². The zero-order valence-electron chi connectivity index (χ0n) is 13.2. The van der Waals surface area contributed by atoms with Gasteiger partial charge in [0.15, 0.2) is 0 Å². The molecule has 2 aliphatic rings. The Labute approximate surface area is 131 Å². The van der Waals surface area contributed by atoms with Crippen LogP contribution < -0.4 is 4.74 Å². The summed E-state index contributed by atoms with van der Waals surface area (Å²) in [4.78, 5) is 2.57. The predicted molar refractivity (Wildman–Crippen MR) is 86.1 cm³/mol. The Morgan fingerprint density at radius 2 is 2.09 bits per heavy atom. The summed E-state index contributed by atoms with van der Waals surface area (Å²) >= 11 is 0. The molecule has 0 unspecified atom stereocenters. The molecule has 1 aromatic heterocycles. The second kappa shape index (κ2) is 5.76. The number of nitrogens with zero attached hydrogens (tertiary/aromatic N) is 3. The van der Waals surface area contributed by atoms with Gasteiger partial charge in [-0.25, -0.2) is 0 Å². The van der Waals surface area contributed by atoms with Crippen molar-refractivity contribution in [2.75, 3.05) is 19.7 Å². The third-order valence-corrected chi connectivity index (χ3v) is 5.02. The van der Waals surface area contributed by atoms with Crippen molar-refractivity contribution < 1.29 is 4.74 Å². The van der Waals surface area contributed by atoms with Gasteiger partial charge in [-0.2, -0.15) is 5.10 Å². The van der Waals surface area contributed by atoms with Gasteiger partial charge in [0.1, 0.15) is 5.75 Å². The summed E-state index contributed by atoms with van der Waals surface area (Å²) in [6, 6.07) is 8.85. The van der Waals surface area contributed by atoms with Crippen LogP contribution in [0.1, 0.15) is 35.6 Å². The molecule has 4 heteroatoms. The minimum atomic E-state index is 0.664. The molecule has 0 saturated carbocycles. The average molecular weight is 297 g/mol. The molecule has 2 aromatic rings. The quantitative estimate of drug-likeness (QED) is 0.872. The van der Waals surface area contributed by atoms with Gasteiger partial charge in [-0.15, -0.1) is 0 Å². The van der Waals surface area contributed by atoms with Crippen LogP contribution in [0.2, 0.25) is 0 Å². The van der Waals surface area contributed by atoms with E-state index in [1.54, 1.807) is 0 Å². The van der Waals surface area contributed by atoms with Crippen LogP contribution in [0, 0.1) is 0 Å². The van der Waals surface area contributed by atoms with Crippen LogP contribution in [-0.2, 0) is 20.0 Å². The Kier molecular flexibility index (Phi) is 3.62. The largest absolute Gasteiger partial charge is 0.493 e. The van der Waals surface area contributed by atoms with Crippen LogP contribution in [0.5, 0.6) is 5.75 Å². The van der Waals surface area contributed by atoms with Crippen molar-refractivity contribution in [1.29, 1.82) is 0 Å². The van der Waals surface area contributed by atoms with Crippen LogP contribution in [0.25, 0.3) is 0 Å². The van der Waals surface area contributed by atoms with E-state index in [1.165, 1.54) is 42.8 Å². The number of benzene rings is 1. The topological polar surface area (TPSA) is 30.3 Å². The maximum atomic E-state index is 5.59. The SMILES string of the molecule is Cn1nccc1C1CCN(Cc2ccc3c(c2)CCO3)CC1. The lowest BCUT2D eigenvalue weighted by molar-refractivity contribution is 0.201. The van der Waals surface area contributed by atoms with Gasteiger partial charge in [0.2, 0.25) is 0 Å². The Morgan fingerprint density at radius 3 is 2.86 bits per heavy atom. The van der Waals surface area contributed by atoms with E-state index in [9.17, 15) is 0 Å². The average Bonchev–Trinajstić information content (AvgIpc) is 3.16. The molecule has 0 amide bonds. The minimum absolute atomic E-state index is 0.664. The van der Waals surface area contributed by atoms with E-state index in [-0.39, 0.29) is 0 Å². The Hall–Kier alpha value is -1.81. The molecule has 1 aromatic carbocycles. The van der Waals surface area contributed by atoms with E-state index in [0.29, 0.717) is 5.92 Å². The van der Waals surface area contributed by atoms with Crippen molar-refractivity contribution in [3.63, 3.8) is 0 Å². The lowest BCUT2D eigenvalue weighted by Gasteiger charge is -2.32. The fourth-order valence-corrected chi connectivity index (χ4v) is 3.77. The van der Waals surface area contributed by atoms with Crippen LogP contribution in [0.15, 0.2) is 30.5 Å². The first kappa shape index (κ1) is 13.8. The van der Waals surface area contributed by atoms with Gasteiger partial charge in [0, 0.05) is 37.8 Å². The molecule has 4 rings (SSSR count). The molecule has 1 saturated heterocycles. The van der Waals surface area contributed by atoms with Gasteiger partial charge in [0.05, 0.1) is 6.61 Å². The molecule has 22 heavy (non-hydrogen) atoms. The van der Waals surface area contributed by atoms with Crippen LogP contribution in [0.4, 0.5) is 0 Å². The molecule has 0 N–H and O–H groups in total. The molecule has 0 radical (unpaired) electrons. The molecule has 1 fully saturated rings. The number of aryl methyl sites for hydroxylation is 1. The summed E-state index contributed by atoms with van der Waals surface area (Å²) in [5.74, 6) is 1.75. The molecule has 0 spiro atoms. The van der Waals surface area contributed by atoms with Crippen molar-refractivity contribution in [3.05, 3.63) is 47.3 Å². The molecule has 116 valence electrons.